The van der Waals surface area contributed by atoms with Crippen molar-refractivity contribution < 1.29 is 0 Å². The van der Waals surface area contributed by atoms with Crippen LogP contribution in [0.15, 0.2) is 178 Å². The quantitative estimate of drug-likeness (QED) is 0.157. The summed E-state index contributed by atoms with van der Waals surface area (Å²) in [6.45, 7) is 0. The molecule has 0 radical (unpaired) electrons. The lowest BCUT2D eigenvalue weighted by atomic mass is 9.82. The van der Waals surface area contributed by atoms with Gasteiger partial charge in [0.1, 0.15) is 0 Å². The molecule has 0 aliphatic carbocycles. The zero-order valence-electron chi connectivity index (χ0n) is 26.3. The van der Waals surface area contributed by atoms with Gasteiger partial charge >= 0.3 is 0 Å². The Hall–Kier alpha value is -4.84. The van der Waals surface area contributed by atoms with Crippen molar-refractivity contribution >= 4 is 69.3 Å². The maximum absolute atomic E-state index is 7.21. The predicted octanol–water partition coefficient (Wildman–Crippen LogP) is 11.3. The Morgan fingerprint density at radius 3 is 0.820 bits per heavy atom. The lowest BCUT2D eigenvalue weighted by Crippen LogP contribution is -2.43. The average Bonchev–Trinajstić information content (AvgIpc) is 3.76. The monoisotopic (exact) mass is 726 g/mol. The lowest BCUT2D eigenvalue weighted by Gasteiger charge is -2.39. The molecule has 4 nitrogen and oxygen atoms in total. The Morgan fingerprint density at radius 1 is 0.320 bits per heavy atom. The molecule has 50 heavy (non-hydrogen) atoms. The first-order valence-corrected chi connectivity index (χ1v) is 17.4. The number of rotatable bonds is 7. The van der Waals surface area contributed by atoms with Crippen molar-refractivity contribution in [2.45, 2.75) is 11.3 Å². The number of hydrogen-bond acceptors (Lipinski definition) is 4. The van der Waals surface area contributed by atoms with Crippen molar-refractivity contribution in [3.8, 4) is 0 Å². The van der Waals surface area contributed by atoms with Crippen LogP contribution in [0.2, 0.25) is 20.1 Å². The number of halogens is 4. The van der Waals surface area contributed by atoms with Gasteiger partial charge in [0.05, 0.1) is 22.8 Å². The minimum atomic E-state index is -1.61. The summed E-state index contributed by atoms with van der Waals surface area (Å²) in [6.07, 6.45) is 0. The van der Waals surface area contributed by atoms with E-state index in [1.807, 2.05) is 133 Å². The second-order valence-corrected chi connectivity index (χ2v) is 13.6. The van der Waals surface area contributed by atoms with Crippen LogP contribution in [-0.4, -0.2) is 22.8 Å². The molecule has 242 valence electrons. The van der Waals surface area contributed by atoms with E-state index in [1.165, 1.54) is 0 Å². The summed E-state index contributed by atoms with van der Waals surface area (Å²) < 4.78 is 0. The Morgan fingerprint density at radius 2 is 0.580 bits per heavy atom. The van der Waals surface area contributed by atoms with E-state index in [-0.39, 0.29) is 0 Å². The van der Waals surface area contributed by atoms with Crippen LogP contribution in [-0.2, 0) is 11.3 Å². The van der Waals surface area contributed by atoms with Crippen molar-refractivity contribution in [1.29, 1.82) is 0 Å². The summed E-state index contributed by atoms with van der Waals surface area (Å²) in [5.74, 6) is 0. The second-order valence-electron chi connectivity index (χ2n) is 11.9. The van der Waals surface area contributed by atoms with E-state index in [1.54, 1.807) is 24.3 Å². The fraction of sp³-hybridized carbons (Fsp3) is 0.0476. The first-order chi connectivity index (χ1) is 24.4. The number of benzene rings is 6. The third-order valence-corrected chi connectivity index (χ3v) is 9.93. The van der Waals surface area contributed by atoms with Gasteiger partial charge in [0.25, 0.3) is 0 Å². The third kappa shape index (κ3) is 5.49. The molecule has 0 unspecified atom stereocenters. The largest absolute Gasteiger partial charge is 0.243 e. The van der Waals surface area contributed by atoms with Gasteiger partial charge in [-0.15, -0.1) is 0 Å². The van der Waals surface area contributed by atoms with Gasteiger partial charge in [-0.1, -0.05) is 180 Å². The van der Waals surface area contributed by atoms with E-state index in [0.29, 0.717) is 54.1 Å². The molecule has 0 N–H and O–H groups in total. The number of hydrogen-bond donors (Lipinski definition) is 0. The molecule has 0 spiro atoms. The van der Waals surface area contributed by atoms with Crippen molar-refractivity contribution in [2.24, 2.45) is 20.0 Å². The van der Waals surface area contributed by atoms with Gasteiger partial charge in [0, 0.05) is 53.5 Å². The highest BCUT2D eigenvalue weighted by atomic mass is 35.5. The van der Waals surface area contributed by atoms with Crippen LogP contribution in [0.4, 0.5) is 0 Å². The smallest absolute Gasteiger partial charge is 0.227 e. The van der Waals surface area contributed by atoms with E-state index in [0.717, 1.165) is 22.3 Å². The van der Waals surface area contributed by atoms with Crippen LogP contribution in [0.3, 0.4) is 0 Å². The molecule has 8 heteroatoms. The Kier molecular flexibility index (Phi) is 8.50. The second kappa shape index (κ2) is 13.1. The standard InChI is InChI=1S/C42H26Cl4N4/c43-31-21-23-33(35(45)25-31)41(47-37(27-13-5-1-6-14-27)38(48-41)28-15-7-2-8-16-28)42(34-24-22-32(44)26-36(34)46)49-39(29-17-9-3-10-18-29)40(50-42)30-19-11-4-12-20-30/h1-26H. The number of aliphatic imine (C=N–C) groups is 4. The van der Waals surface area contributed by atoms with Gasteiger partial charge in [-0.05, 0) is 24.3 Å². The molecule has 2 heterocycles. The topological polar surface area (TPSA) is 49.4 Å². The summed E-state index contributed by atoms with van der Waals surface area (Å²) in [7, 11) is 0. The minimum absolute atomic E-state index is 0.357. The number of nitrogens with zero attached hydrogens (tertiary/aromatic N) is 4. The molecule has 0 saturated heterocycles. The van der Waals surface area contributed by atoms with Crippen LogP contribution in [0.1, 0.15) is 33.4 Å². The summed E-state index contributed by atoms with van der Waals surface area (Å²) in [4.78, 5) is 22.6. The van der Waals surface area contributed by atoms with Crippen LogP contribution in [0, 0.1) is 0 Å². The maximum Gasteiger partial charge on any atom is 0.227 e. The molecule has 8 rings (SSSR count). The van der Waals surface area contributed by atoms with Crippen LogP contribution >= 0.6 is 46.4 Å². The molecule has 0 amide bonds. The van der Waals surface area contributed by atoms with Gasteiger partial charge in [-0.3, -0.25) is 0 Å². The average molecular weight is 729 g/mol. The molecular weight excluding hydrogens is 702 g/mol. The summed E-state index contributed by atoms with van der Waals surface area (Å²) in [6, 6.07) is 50.6. The normalized spacial score (nSPS) is 16.0. The summed E-state index contributed by atoms with van der Waals surface area (Å²) in [5, 5.41) is 1.66. The van der Waals surface area contributed by atoms with Gasteiger partial charge in [0.15, 0.2) is 0 Å². The third-order valence-electron chi connectivity index (χ3n) is 8.83. The highest BCUT2D eigenvalue weighted by Gasteiger charge is 2.61. The van der Waals surface area contributed by atoms with E-state index < -0.39 is 11.3 Å². The molecule has 0 fully saturated rings. The fourth-order valence-electron chi connectivity index (χ4n) is 6.57. The molecule has 6 aromatic rings. The molecular formula is C42H26Cl4N4. The fourth-order valence-corrected chi connectivity index (χ4v) is 7.65. The zero-order valence-corrected chi connectivity index (χ0v) is 29.3. The van der Waals surface area contributed by atoms with Crippen molar-refractivity contribution in [2.75, 3.05) is 0 Å². The first-order valence-electron chi connectivity index (χ1n) is 15.9. The van der Waals surface area contributed by atoms with E-state index in [9.17, 15) is 0 Å². The maximum atomic E-state index is 7.21. The van der Waals surface area contributed by atoms with Crippen LogP contribution in [0.25, 0.3) is 0 Å². The van der Waals surface area contributed by atoms with Crippen LogP contribution < -0.4 is 0 Å². The zero-order chi connectivity index (χ0) is 34.3. The van der Waals surface area contributed by atoms with E-state index in [4.69, 9.17) is 66.4 Å². The molecule has 2 aliphatic rings. The SMILES string of the molecule is Clc1ccc(C2(C3(c4ccc(Cl)cc4Cl)N=C(c4ccccc4)C(c4ccccc4)=N3)N=C(c3ccccc3)C(c3ccccc3)=N2)c(Cl)c1. The van der Waals surface area contributed by atoms with Gasteiger partial charge in [-0.2, -0.15) is 0 Å². The molecule has 0 saturated carbocycles. The Bertz CT molecular complexity index is 2070. The predicted molar refractivity (Wildman–Crippen MR) is 208 cm³/mol. The molecule has 0 aromatic heterocycles. The van der Waals surface area contributed by atoms with E-state index >= 15 is 0 Å². The van der Waals surface area contributed by atoms with Crippen LogP contribution in [0.5, 0.6) is 0 Å². The van der Waals surface area contributed by atoms with Crippen molar-refractivity contribution in [3.63, 3.8) is 0 Å². The van der Waals surface area contributed by atoms with E-state index in [2.05, 4.69) is 0 Å². The molecule has 2 aliphatic heterocycles. The summed E-state index contributed by atoms with van der Waals surface area (Å²) in [5.41, 5.74) is 4.02. The van der Waals surface area contributed by atoms with Crippen molar-refractivity contribution in [3.05, 3.63) is 211 Å². The highest BCUT2D eigenvalue weighted by molar-refractivity contribution is 6.56. The minimum Gasteiger partial charge on any atom is -0.243 e. The summed E-state index contributed by atoms with van der Waals surface area (Å²) >= 11 is 27.5. The van der Waals surface area contributed by atoms with Gasteiger partial charge < -0.3 is 0 Å². The van der Waals surface area contributed by atoms with Gasteiger partial charge in [-0.25, -0.2) is 20.0 Å². The Balaban J connectivity index is 1.57. The molecule has 6 aromatic carbocycles. The first kappa shape index (κ1) is 32.4. The van der Waals surface area contributed by atoms with Crippen molar-refractivity contribution in [1.82, 2.24) is 0 Å². The van der Waals surface area contributed by atoms with Gasteiger partial charge in [0.2, 0.25) is 11.3 Å². The Labute approximate surface area is 310 Å². The highest BCUT2D eigenvalue weighted by Crippen LogP contribution is 2.57. The lowest BCUT2D eigenvalue weighted by molar-refractivity contribution is 0.257. The molecule has 0 bridgehead atoms. The molecule has 0 atom stereocenters.